The Balaban J connectivity index is 1.80. The van der Waals surface area contributed by atoms with Crippen LogP contribution in [0.5, 0.6) is 0 Å². The van der Waals surface area contributed by atoms with Crippen LogP contribution >= 0.6 is 15.9 Å². The molecule has 0 spiro atoms. The fourth-order valence-electron chi connectivity index (χ4n) is 3.61. The fraction of sp³-hybridized carbons (Fsp3) is 0.304. The van der Waals surface area contributed by atoms with Crippen LogP contribution in [-0.4, -0.2) is 53.9 Å². The van der Waals surface area contributed by atoms with E-state index in [0.717, 1.165) is 64.8 Å². The molecule has 1 saturated heterocycles. The summed E-state index contributed by atoms with van der Waals surface area (Å²) in [6.45, 7) is 5.48. The third kappa shape index (κ3) is 3.82. The number of pyridine rings is 1. The number of hydrogen-bond acceptors (Lipinski definition) is 3. The van der Waals surface area contributed by atoms with Gasteiger partial charge in [0.2, 0.25) is 0 Å². The van der Waals surface area contributed by atoms with Crippen LogP contribution in [0, 0.1) is 0 Å². The van der Waals surface area contributed by atoms with E-state index in [1.54, 1.807) is 0 Å². The van der Waals surface area contributed by atoms with Crippen LogP contribution in [0.1, 0.15) is 22.8 Å². The molecule has 0 saturated carbocycles. The number of piperazine rings is 1. The lowest BCUT2D eigenvalue weighted by atomic mass is 10.0. The van der Waals surface area contributed by atoms with Gasteiger partial charge in [0.15, 0.2) is 0 Å². The number of carbonyl (C=O) groups is 1. The standard InChI is InChI=1S/C23H24BrN3O/c1-3-16-4-6-17(7-5-16)22-15-20(19-14-18(24)8-9-21(19)25-22)23(28)27-12-10-26(2)11-13-27/h4-9,14-15H,3,10-13H2,1-2H3. The Bertz CT molecular complexity index is 1010. The van der Waals surface area contributed by atoms with Crippen LogP contribution in [0.2, 0.25) is 0 Å². The van der Waals surface area contributed by atoms with Gasteiger partial charge in [0, 0.05) is 41.6 Å². The molecule has 5 heteroatoms. The lowest BCUT2D eigenvalue weighted by Crippen LogP contribution is -2.47. The highest BCUT2D eigenvalue weighted by Gasteiger charge is 2.23. The van der Waals surface area contributed by atoms with Gasteiger partial charge in [0.05, 0.1) is 16.8 Å². The summed E-state index contributed by atoms with van der Waals surface area (Å²) in [5.74, 6) is 0.0880. The predicted octanol–water partition coefficient (Wildman–Crippen LogP) is 4.61. The molecule has 0 unspecified atom stereocenters. The summed E-state index contributed by atoms with van der Waals surface area (Å²) >= 11 is 3.54. The number of halogens is 1. The minimum Gasteiger partial charge on any atom is -0.336 e. The molecule has 4 nitrogen and oxygen atoms in total. The maximum atomic E-state index is 13.4. The third-order valence-corrected chi connectivity index (χ3v) is 5.94. The molecule has 0 radical (unpaired) electrons. The number of hydrogen-bond donors (Lipinski definition) is 0. The molecular weight excluding hydrogens is 414 g/mol. The molecule has 1 fully saturated rings. The molecular formula is C23H24BrN3O. The highest BCUT2D eigenvalue weighted by molar-refractivity contribution is 9.10. The van der Waals surface area contributed by atoms with Gasteiger partial charge in [-0.1, -0.05) is 47.1 Å². The largest absolute Gasteiger partial charge is 0.336 e. The topological polar surface area (TPSA) is 36.4 Å². The van der Waals surface area contributed by atoms with Crippen molar-refractivity contribution >= 4 is 32.7 Å². The van der Waals surface area contributed by atoms with Gasteiger partial charge in [0.25, 0.3) is 5.91 Å². The van der Waals surface area contributed by atoms with Gasteiger partial charge < -0.3 is 9.80 Å². The molecule has 3 aromatic rings. The summed E-state index contributed by atoms with van der Waals surface area (Å²) in [4.78, 5) is 22.4. The number of amides is 1. The number of rotatable bonds is 3. The third-order valence-electron chi connectivity index (χ3n) is 5.45. The van der Waals surface area contributed by atoms with E-state index >= 15 is 0 Å². The van der Waals surface area contributed by atoms with E-state index in [9.17, 15) is 4.79 Å². The number of likely N-dealkylation sites (N-methyl/N-ethyl adjacent to an activating group) is 1. The zero-order valence-corrected chi connectivity index (χ0v) is 17.9. The van der Waals surface area contributed by atoms with Gasteiger partial charge in [-0.05, 0) is 43.3 Å². The number of aryl methyl sites for hydroxylation is 1. The Morgan fingerprint density at radius 1 is 1.04 bits per heavy atom. The van der Waals surface area contributed by atoms with Crippen molar-refractivity contribution in [3.05, 3.63) is 64.1 Å². The molecule has 1 aliphatic rings. The zero-order valence-electron chi connectivity index (χ0n) is 16.3. The van der Waals surface area contributed by atoms with Crippen molar-refractivity contribution < 1.29 is 4.79 Å². The Morgan fingerprint density at radius 3 is 2.43 bits per heavy atom. The summed E-state index contributed by atoms with van der Waals surface area (Å²) in [5.41, 5.74) is 4.75. The molecule has 144 valence electrons. The van der Waals surface area contributed by atoms with E-state index in [4.69, 9.17) is 4.98 Å². The molecule has 2 aromatic carbocycles. The van der Waals surface area contributed by atoms with Crippen LogP contribution in [0.3, 0.4) is 0 Å². The molecule has 0 aliphatic carbocycles. The van der Waals surface area contributed by atoms with Gasteiger partial charge in [0.1, 0.15) is 0 Å². The van der Waals surface area contributed by atoms with Gasteiger partial charge in [-0.3, -0.25) is 4.79 Å². The van der Waals surface area contributed by atoms with Crippen molar-refractivity contribution in [2.45, 2.75) is 13.3 Å². The van der Waals surface area contributed by atoms with Crippen molar-refractivity contribution in [1.82, 2.24) is 14.8 Å². The van der Waals surface area contributed by atoms with Crippen molar-refractivity contribution in [3.63, 3.8) is 0 Å². The first-order chi connectivity index (χ1) is 13.5. The SMILES string of the molecule is CCc1ccc(-c2cc(C(=O)N3CCN(C)CC3)c3cc(Br)ccc3n2)cc1. The molecule has 1 aromatic heterocycles. The van der Waals surface area contributed by atoms with Crippen LogP contribution < -0.4 is 0 Å². The lowest BCUT2D eigenvalue weighted by molar-refractivity contribution is 0.0666. The molecule has 28 heavy (non-hydrogen) atoms. The second kappa shape index (κ2) is 8.02. The van der Waals surface area contributed by atoms with Gasteiger partial charge in [-0.2, -0.15) is 0 Å². The van der Waals surface area contributed by atoms with Crippen molar-refractivity contribution in [3.8, 4) is 11.3 Å². The first kappa shape index (κ1) is 19.1. The highest BCUT2D eigenvalue weighted by atomic mass is 79.9. The average molecular weight is 438 g/mol. The van der Waals surface area contributed by atoms with Crippen molar-refractivity contribution in [2.24, 2.45) is 0 Å². The molecule has 0 N–H and O–H groups in total. The van der Waals surface area contributed by atoms with Crippen molar-refractivity contribution in [2.75, 3.05) is 33.2 Å². The van der Waals surface area contributed by atoms with Gasteiger partial charge in [-0.25, -0.2) is 4.98 Å². The molecule has 0 bridgehead atoms. The summed E-state index contributed by atoms with van der Waals surface area (Å²) in [7, 11) is 2.10. The Morgan fingerprint density at radius 2 is 1.75 bits per heavy atom. The number of fused-ring (bicyclic) bond motifs is 1. The second-order valence-corrected chi connectivity index (χ2v) is 8.28. The summed E-state index contributed by atoms with van der Waals surface area (Å²) in [6, 6.07) is 16.3. The average Bonchev–Trinajstić information content (AvgIpc) is 2.73. The maximum Gasteiger partial charge on any atom is 0.254 e. The fourth-order valence-corrected chi connectivity index (χ4v) is 3.98. The normalized spacial score (nSPS) is 15.2. The first-order valence-electron chi connectivity index (χ1n) is 9.72. The van der Waals surface area contributed by atoms with E-state index in [0.29, 0.717) is 0 Å². The van der Waals surface area contributed by atoms with E-state index < -0.39 is 0 Å². The maximum absolute atomic E-state index is 13.4. The van der Waals surface area contributed by atoms with Crippen LogP contribution in [0.15, 0.2) is 53.0 Å². The minimum atomic E-state index is 0.0880. The quantitative estimate of drug-likeness (QED) is 0.599. The number of carbonyl (C=O) groups excluding carboxylic acids is 1. The Kier molecular flexibility index (Phi) is 5.47. The summed E-state index contributed by atoms with van der Waals surface area (Å²) in [5, 5.41) is 0.896. The minimum absolute atomic E-state index is 0.0880. The molecule has 1 amide bonds. The predicted molar refractivity (Wildman–Crippen MR) is 118 cm³/mol. The van der Waals surface area contributed by atoms with Crippen LogP contribution in [-0.2, 0) is 6.42 Å². The summed E-state index contributed by atoms with van der Waals surface area (Å²) < 4.78 is 0.953. The molecule has 4 rings (SSSR count). The molecule has 0 atom stereocenters. The van der Waals surface area contributed by atoms with Gasteiger partial charge >= 0.3 is 0 Å². The van der Waals surface area contributed by atoms with Crippen molar-refractivity contribution in [1.29, 1.82) is 0 Å². The van der Waals surface area contributed by atoms with E-state index in [1.165, 1.54) is 5.56 Å². The van der Waals surface area contributed by atoms with E-state index in [2.05, 4.69) is 59.1 Å². The van der Waals surface area contributed by atoms with Gasteiger partial charge in [-0.15, -0.1) is 0 Å². The second-order valence-electron chi connectivity index (χ2n) is 7.36. The Hall–Kier alpha value is -2.24. The monoisotopic (exact) mass is 437 g/mol. The number of nitrogens with zero attached hydrogens (tertiary/aromatic N) is 3. The smallest absolute Gasteiger partial charge is 0.254 e. The van der Waals surface area contributed by atoms with E-state index in [1.807, 2.05) is 29.2 Å². The van der Waals surface area contributed by atoms with Crippen LogP contribution in [0.4, 0.5) is 0 Å². The molecule has 2 heterocycles. The number of aromatic nitrogens is 1. The van der Waals surface area contributed by atoms with Crippen LogP contribution in [0.25, 0.3) is 22.2 Å². The van der Waals surface area contributed by atoms with E-state index in [-0.39, 0.29) is 5.91 Å². The first-order valence-corrected chi connectivity index (χ1v) is 10.5. The lowest BCUT2D eigenvalue weighted by Gasteiger charge is -2.32. The Labute approximate surface area is 174 Å². The zero-order chi connectivity index (χ0) is 19.7. The summed E-state index contributed by atoms with van der Waals surface area (Å²) in [6.07, 6.45) is 1.01. The highest BCUT2D eigenvalue weighted by Crippen LogP contribution is 2.28. The number of benzene rings is 2. The molecule has 1 aliphatic heterocycles.